The fraction of sp³-hybridized carbons (Fsp3) is 0.250. The summed E-state index contributed by atoms with van der Waals surface area (Å²) < 4.78 is 22.6. The van der Waals surface area contributed by atoms with Gasteiger partial charge in [-0.3, -0.25) is 9.59 Å². The number of methoxy groups -OCH3 is 2. The van der Waals surface area contributed by atoms with Crippen LogP contribution in [0, 0.1) is 0 Å². The molecule has 11 heteroatoms. The van der Waals surface area contributed by atoms with Crippen molar-refractivity contribution in [2.75, 3.05) is 40.5 Å². The van der Waals surface area contributed by atoms with Crippen LogP contribution in [-0.2, 0) is 16.1 Å². The number of carbonyl (C=O) groups excluding carboxylic acids is 2. The van der Waals surface area contributed by atoms with E-state index in [1.807, 2.05) is 12.1 Å². The van der Waals surface area contributed by atoms with E-state index < -0.39 is 11.8 Å². The molecule has 1 aliphatic rings. The Morgan fingerprint density at radius 1 is 1.03 bits per heavy atom. The SMILES string of the molecule is COc1ccc(CNC(=O)/C(=C/c2ccc(SC(=S)N3CCOCC3)o2)NC(=O)c2ccccc2)cc1OC. The Hall–Kier alpha value is -3.80. The molecule has 2 heterocycles. The van der Waals surface area contributed by atoms with Gasteiger partial charge in [-0.1, -0.05) is 36.5 Å². The number of thiocarbonyl (C=S) groups is 1. The molecule has 0 atom stereocenters. The van der Waals surface area contributed by atoms with Gasteiger partial charge in [0.1, 0.15) is 15.8 Å². The minimum Gasteiger partial charge on any atom is -0.493 e. The number of furan rings is 1. The van der Waals surface area contributed by atoms with E-state index in [1.165, 1.54) is 17.8 Å². The smallest absolute Gasteiger partial charge is 0.268 e. The zero-order valence-electron chi connectivity index (χ0n) is 21.6. The fourth-order valence-corrected chi connectivity index (χ4v) is 4.90. The monoisotopic (exact) mass is 567 g/mol. The lowest BCUT2D eigenvalue weighted by Gasteiger charge is -2.28. The Balaban J connectivity index is 1.49. The summed E-state index contributed by atoms with van der Waals surface area (Å²) in [5.41, 5.74) is 1.25. The molecule has 2 N–H and O–H groups in total. The minimum absolute atomic E-state index is 0.0333. The van der Waals surface area contributed by atoms with E-state index in [9.17, 15) is 9.59 Å². The van der Waals surface area contributed by atoms with Gasteiger partial charge in [0.25, 0.3) is 11.8 Å². The molecule has 1 aliphatic heterocycles. The average Bonchev–Trinajstić information content (AvgIpc) is 3.42. The average molecular weight is 568 g/mol. The number of rotatable bonds is 9. The normalized spacial score (nSPS) is 13.5. The Morgan fingerprint density at radius 3 is 2.49 bits per heavy atom. The Bertz CT molecular complexity index is 1340. The standard InChI is InChI=1S/C28H29N3O6S2/c1-34-23-10-8-19(16-24(23)35-2)18-29-27(33)22(30-26(32)20-6-4-3-5-7-20)17-21-9-11-25(37-21)39-28(38)31-12-14-36-15-13-31/h3-11,16-17H,12-15,18H2,1-2H3,(H,29,33)(H,30,32)/b22-17-. The summed E-state index contributed by atoms with van der Waals surface area (Å²) in [5, 5.41) is 6.13. The van der Waals surface area contributed by atoms with E-state index >= 15 is 0 Å². The van der Waals surface area contributed by atoms with E-state index in [2.05, 4.69) is 15.5 Å². The zero-order chi connectivity index (χ0) is 27.6. The molecular formula is C28H29N3O6S2. The lowest BCUT2D eigenvalue weighted by Crippen LogP contribution is -2.38. The number of ether oxygens (including phenoxy) is 3. The predicted octanol–water partition coefficient (Wildman–Crippen LogP) is 4.09. The van der Waals surface area contributed by atoms with E-state index in [0.717, 1.165) is 18.7 Å². The summed E-state index contributed by atoms with van der Waals surface area (Å²) in [6.45, 7) is 2.93. The van der Waals surface area contributed by atoms with Gasteiger partial charge < -0.3 is 34.2 Å². The number of hydrogen-bond donors (Lipinski definition) is 2. The van der Waals surface area contributed by atoms with Gasteiger partial charge in [0.15, 0.2) is 16.6 Å². The second-order valence-electron chi connectivity index (χ2n) is 8.37. The first-order chi connectivity index (χ1) is 19.0. The molecule has 0 radical (unpaired) electrons. The molecule has 204 valence electrons. The number of nitrogens with zero attached hydrogens (tertiary/aromatic N) is 1. The van der Waals surface area contributed by atoms with Crippen LogP contribution in [0.4, 0.5) is 0 Å². The maximum Gasteiger partial charge on any atom is 0.268 e. The van der Waals surface area contributed by atoms with Crippen LogP contribution in [0.1, 0.15) is 21.7 Å². The molecule has 0 spiro atoms. The third kappa shape index (κ3) is 7.85. The lowest BCUT2D eigenvalue weighted by atomic mass is 10.2. The van der Waals surface area contributed by atoms with Gasteiger partial charge in [0.05, 0.1) is 27.4 Å². The summed E-state index contributed by atoms with van der Waals surface area (Å²) >= 11 is 6.87. The summed E-state index contributed by atoms with van der Waals surface area (Å²) in [6, 6.07) is 17.5. The minimum atomic E-state index is -0.483. The predicted molar refractivity (Wildman–Crippen MR) is 153 cm³/mol. The highest BCUT2D eigenvalue weighted by atomic mass is 32.2. The van der Waals surface area contributed by atoms with Crippen molar-refractivity contribution in [3.63, 3.8) is 0 Å². The molecule has 9 nitrogen and oxygen atoms in total. The topological polar surface area (TPSA) is 102 Å². The highest BCUT2D eigenvalue weighted by Gasteiger charge is 2.18. The van der Waals surface area contributed by atoms with Crippen molar-refractivity contribution in [1.29, 1.82) is 0 Å². The number of hydrogen-bond acceptors (Lipinski definition) is 8. The Morgan fingerprint density at radius 2 is 1.77 bits per heavy atom. The molecular weight excluding hydrogens is 538 g/mol. The number of amides is 2. The summed E-state index contributed by atoms with van der Waals surface area (Å²) in [6.07, 6.45) is 1.49. The highest BCUT2D eigenvalue weighted by Crippen LogP contribution is 2.28. The molecule has 1 aromatic heterocycles. The molecule has 0 unspecified atom stereocenters. The van der Waals surface area contributed by atoms with Crippen molar-refractivity contribution < 1.29 is 28.2 Å². The zero-order valence-corrected chi connectivity index (χ0v) is 23.2. The van der Waals surface area contributed by atoms with Crippen molar-refractivity contribution in [2.24, 2.45) is 0 Å². The number of nitrogens with one attached hydrogen (secondary N) is 2. The maximum atomic E-state index is 13.2. The van der Waals surface area contributed by atoms with Crippen LogP contribution in [0.25, 0.3) is 6.08 Å². The number of morpholine rings is 1. The fourth-order valence-electron chi connectivity index (χ4n) is 3.72. The third-order valence-corrected chi connectivity index (χ3v) is 7.14. The van der Waals surface area contributed by atoms with Crippen LogP contribution in [0.3, 0.4) is 0 Å². The van der Waals surface area contributed by atoms with Gasteiger partial charge in [0, 0.05) is 31.3 Å². The van der Waals surface area contributed by atoms with Crippen molar-refractivity contribution in [3.05, 3.63) is 83.2 Å². The van der Waals surface area contributed by atoms with Crippen molar-refractivity contribution in [1.82, 2.24) is 15.5 Å². The Kier molecular flexibility index (Phi) is 10.0. The first kappa shape index (κ1) is 28.2. The largest absolute Gasteiger partial charge is 0.493 e. The van der Waals surface area contributed by atoms with E-state index in [0.29, 0.717) is 45.4 Å². The van der Waals surface area contributed by atoms with Crippen LogP contribution >= 0.6 is 24.0 Å². The van der Waals surface area contributed by atoms with Gasteiger partial charge in [0.2, 0.25) is 0 Å². The number of carbonyl (C=O) groups is 2. The van der Waals surface area contributed by atoms with Crippen LogP contribution < -0.4 is 20.1 Å². The van der Waals surface area contributed by atoms with E-state index in [-0.39, 0.29) is 12.2 Å². The van der Waals surface area contributed by atoms with Crippen LogP contribution in [0.15, 0.2) is 75.9 Å². The molecule has 3 aromatic rings. The molecule has 0 aliphatic carbocycles. The van der Waals surface area contributed by atoms with Crippen LogP contribution in [-0.4, -0.2) is 61.6 Å². The molecule has 0 bridgehead atoms. The number of thioether (sulfide) groups is 1. The summed E-state index contributed by atoms with van der Waals surface area (Å²) in [7, 11) is 3.10. The first-order valence-electron chi connectivity index (χ1n) is 12.2. The quantitative estimate of drug-likeness (QED) is 0.225. The molecule has 0 saturated carbocycles. The molecule has 1 fully saturated rings. The first-order valence-corrected chi connectivity index (χ1v) is 13.4. The van der Waals surface area contributed by atoms with Gasteiger partial charge in [-0.25, -0.2) is 0 Å². The highest BCUT2D eigenvalue weighted by molar-refractivity contribution is 8.22. The van der Waals surface area contributed by atoms with Gasteiger partial charge in [-0.05, 0) is 53.7 Å². The third-order valence-electron chi connectivity index (χ3n) is 5.78. The molecule has 39 heavy (non-hydrogen) atoms. The maximum absolute atomic E-state index is 13.2. The summed E-state index contributed by atoms with van der Waals surface area (Å²) in [5.74, 6) is 0.629. The van der Waals surface area contributed by atoms with Crippen molar-refractivity contribution in [3.8, 4) is 11.5 Å². The van der Waals surface area contributed by atoms with Crippen LogP contribution in [0.5, 0.6) is 11.5 Å². The number of benzene rings is 2. The summed E-state index contributed by atoms with van der Waals surface area (Å²) in [4.78, 5) is 28.2. The molecule has 2 amide bonds. The van der Waals surface area contributed by atoms with Crippen molar-refractivity contribution in [2.45, 2.75) is 11.6 Å². The van der Waals surface area contributed by atoms with Crippen molar-refractivity contribution >= 4 is 46.2 Å². The second kappa shape index (κ2) is 13.8. The van der Waals surface area contributed by atoms with Gasteiger partial charge in [-0.2, -0.15) is 0 Å². The molecule has 1 saturated heterocycles. The van der Waals surface area contributed by atoms with E-state index in [1.54, 1.807) is 62.8 Å². The lowest BCUT2D eigenvalue weighted by molar-refractivity contribution is -0.117. The second-order valence-corrected chi connectivity index (χ2v) is 10.0. The van der Waals surface area contributed by atoms with E-state index in [4.69, 9.17) is 30.8 Å². The molecule has 4 rings (SSSR count). The Labute approximate surface area is 236 Å². The van der Waals surface area contributed by atoms with Gasteiger partial charge >= 0.3 is 0 Å². The molecule has 2 aromatic carbocycles. The van der Waals surface area contributed by atoms with Gasteiger partial charge in [-0.15, -0.1) is 0 Å². The van der Waals surface area contributed by atoms with Crippen LogP contribution in [0.2, 0.25) is 0 Å².